The number of ether oxygens (including phenoxy) is 2. The molecule has 0 saturated carbocycles. The molecule has 5 nitrogen and oxygen atoms in total. The summed E-state index contributed by atoms with van der Waals surface area (Å²) in [6.45, 7) is 0.825. The molecular weight excluding hydrogens is 463 g/mol. The lowest BCUT2D eigenvalue weighted by molar-refractivity contribution is 0.210. The minimum atomic E-state index is -0.306. The second-order valence-corrected chi connectivity index (χ2v) is 7.84. The first kappa shape index (κ1) is 22.6. The third kappa shape index (κ3) is 6.46. The predicted octanol–water partition coefficient (Wildman–Crippen LogP) is 5.88. The van der Waals surface area contributed by atoms with Gasteiger partial charge in [0.2, 0.25) is 0 Å². The molecule has 0 aliphatic rings. The lowest BCUT2D eigenvalue weighted by atomic mass is 10.1. The first-order chi connectivity index (χ1) is 15.0. The van der Waals surface area contributed by atoms with Crippen molar-refractivity contribution in [3.63, 3.8) is 0 Å². The van der Waals surface area contributed by atoms with Gasteiger partial charge >= 0.3 is 6.03 Å². The minimum Gasteiger partial charge on any atom is -0.493 e. The molecule has 0 aromatic heterocycles. The molecule has 1 N–H and O–H groups in total. The zero-order valence-electron chi connectivity index (χ0n) is 17.4. The summed E-state index contributed by atoms with van der Waals surface area (Å²) in [6, 6.07) is 19.0. The molecule has 0 fully saturated rings. The van der Waals surface area contributed by atoms with E-state index in [9.17, 15) is 9.18 Å². The monoisotopic (exact) mass is 486 g/mol. The van der Waals surface area contributed by atoms with Gasteiger partial charge in [0.15, 0.2) is 11.5 Å². The Morgan fingerprint density at radius 3 is 2.23 bits per heavy atom. The summed E-state index contributed by atoms with van der Waals surface area (Å²) in [5.74, 6) is 0.992. The highest BCUT2D eigenvalue weighted by Gasteiger charge is 2.15. The Bertz CT molecular complexity index is 1010. The summed E-state index contributed by atoms with van der Waals surface area (Å²) in [4.78, 5) is 14.7. The van der Waals surface area contributed by atoms with E-state index in [0.29, 0.717) is 36.7 Å². The summed E-state index contributed by atoms with van der Waals surface area (Å²) >= 11 is 3.39. The summed E-state index contributed by atoms with van der Waals surface area (Å²) in [6.07, 6.45) is 0.620. The second kappa shape index (κ2) is 10.8. The van der Waals surface area contributed by atoms with Gasteiger partial charge in [-0.2, -0.15) is 0 Å². The van der Waals surface area contributed by atoms with E-state index in [1.807, 2.05) is 42.5 Å². The number of anilines is 1. The van der Waals surface area contributed by atoms with Crippen LogP contribution in [0.15, 0.2) is 71.2 Å². The van der Waals surface area contributed by atoms with Gasteiger partial charge in [0, 0.05) is 23.2 Å². The summed E-state index contributed by atoms with van der Waals surface area (Å²) < 4.78 is 24.9. The maximum atomic E-state index is 13.3. The molecular formula is C24H24BrFN2O3. The molecule has 2 amide bonds. The molecule has 0 unspecified atom stereocenters. The van der Waals surface area contributed by atoms with Gasteiger partial charge in [-0.25, -0.2) is 9.18 Å². The van der Waals surface area contributed by atoms with Crippen molar-refractivity contribution in [3.8, 4) is 11.5 Å². The fourth-order valence-electron chi connectivity index (χ4n) is 3.10. The number of hydrogen-bond acceptors (Lipinski definition) is 3. The highest BCUT2D eigenvalue weighted by molar-refractivity contribution is 9.10. The molecule has 162 valence electrons. The molecule has 0 saturated heterocycles. The van der Waals surface area contributed by atoms with Crippen LogP contribution in [0.5, 0.6) is 11.5 Å². The Balaban J connectivity index is 1.75. The van der Waals surface area contributed by atoms with Crippen molar-refractivity contribution < 1.29 is 18.7 Å². The van der Waals surface area contributed by atoms with E-state index < -0.39 is 0 Å². The number of halogens is 2. The van der Waals surface area contributed by atoms with E-state index in [0.717, 1.165) is 15.6 Å². The molecule has 3 aromatic carbocycles. The Morgan fingerprint density at radius 2 is 1.58 bits per heavy atom. The number of carbonyl (C=O) groups excluding carboxylic acids is 1. The van der Waals surface area contributed by atoms with Gasteiger partial charge in [0.05, 0.1) is 14.2 Å². The first-order valence-corrected chi connectivity index (χ1v) is 10.5. The van der Waals surface area contributed by atoms with Crippen LogP contribution in [0.4, 0.5) is 14.9 Å². The number of nitrogens with zero attached hydrogens (tertiary/aromatic N) is 1. The average Bonchev–Trinajstić information content (AvgIpc) is 2.79. The van der Waals surface area contributed by atoms with Crippen molar-refractivity contribution in [1.29, 1.82) is 0 Å². The molecule has 0 bridgehead atoms. The summed E-state index contributed by atoms with van der Waals surface area (Å²) in [5.41, 5.74) is 2.56. The fourth-order valence-corrected chi connectivity index (χ4v) is 3.36. The van der Waals surface area contributed by atoms with Gasteiger partial charge in [-0.05, 0) is 66.1 Å². The van der Waals surface area contributed by atoms with Gasteiger partial charge in [-0.1, -0.05) is 34.1 Å². The van der Waals surface area contributed by atoms with Crippen LogP contribution in [0.2, 0.25) is 0 Å². The quantitative estimate of drug-likeness (QED) is 0.432. The largest absolute Gasteiger partial charge is 0.493 e. The second-order valence-electron chi connectivity index (χ2n) is 6.92. The Hall–Kier alpha value is -3.06. The predicted molar refractivity (Wildman–Crippen MR) is 123 cm³/mol. The number of nitrogens with one attached hydrogen (secondary N) is 1. The highest BCUT2D eigenvalue weighted by Crippen LogP contribution is 2.28. The maximum Gasteiger partial charge on any atom is 0.322 e. The number of carbonyl (C=O) groups is 1. The number of amides is 2. The molecule has 3 aromatic rings. The number of benzene rings is 3. The molecule has 3 rings (SSSR count). The van der Waals surface area contributed by atoms with Crippen LogP contribution >= 0.6 is 15.9 Å². The first-order valence-electron chi connectivity index (χ1n) is 9.75. The lowest BCUT2D eigenvalue weighted by Crippen LogP contribution is -2.36. The van der Waals surface area contributed by atoms with Crippen LogP contribution in [0.3, 0.4) is 0 Å². The molecule has 0 atom stereocenters. The molecule has 0 spiro atoms. The van der Waals surface area contributed by atoms with E-state index in [4.69, 9.17) is 9.47 Å². The third-order valence-electron chi connectivity index (χ3n) is 4.79. The number of methoxy groups -OCH3 is 2. The van der Waals surface area contributed by atoms with Crippen molar-refractivity contribution >= 4 is 27.6 Å². The van der Waals surface area contributed by atoms with E-state index in [-0.39, 0.29) is 11.8 Å². The minimum absolute atomic E-state index is 0.230. The van der Waals surface area contributed by atoms with Crippen LogP contribution in [0.1, 0.15) is 11.1 Å². The number of hydrogen-bond donors (Lipinski definition) is 1. The van der Waals surface area contributed by atoms with Crippen LogP contribution in [-0.2, 0) is 13.0 Å². The van der Waals surface area contributed by atoms with Crippen LogP contribution in [0.25, 0.3) is 0 Å². The van der Waals surface area contributed by atoms with Crippen LogP contribution in [-0.4, -0.2) is 31.7 Å². The van der Waals surface area contributed by atoms with E-state index >= 15 is 0 Å². The van der Waals surface area contributed by atoms with Gasteiger partial charge < -0.3 is 19.7 Å². The Morgan fingerprint density at radius 1 is 0.935 bits per heavy atom. The normalized spacial score (nSPS) is 10.5. The van der Waals surface area contributed by atoms with Gasteiger partial charge in [0.1, 0.15) is 5.82 Å². The standard InChI is InChI=1S/C24H24BrFN2O3/c1-30-22-12-5-17(15-23(22)31-2)13-14-28(16-18-3-8-20(26)9-4-18)24(29)27-21-10-6-19(25)7-11-21/h3-12,15H,13-14,16H2,1-2H3,(H,27,29). The highest BCUT2D eigenvalue weighted by atomic mass is 79.9. The van der Waals surface area contributed by atoms with Crippen molar-refractivity contribution in [2.45, 2.75) is 13.0 Å². The van der Waals surface area contributed by atoms with Crippen LogP contribution in [0, 0.1) is 5.82 Å². The molecule has 0 heterocycles. The number of urea groups is 1. The van der Waals surface area contributed by atoms with Crippen molar-refractivity contribution in [2.24, 2.45) is 0 Å². The van der Waals surface area contributed by atoms with E-state index in [2.05, 4.69) is 21.2 Å². The molecule has 0 aliphatic heterocycles. The molecule has 31 heavy (non-hydrogen) atoms. The van der Waals surface area contributed by atoms with Gasteiger partial charge in [0.25, 0.3) is 0 Å². The topological polar surface area (TPSA) is 50.8 Å². The average molecular weight is 487 g/mol. The fraction of sp³-hybridized carbons (Fsp3) is 0.208. The van der Waals surface area contributed by atoms with Gasteiger partial charge in [-0.3, -0.25) is 0 Å². The summed E-state index contributed by atoms with van der Waals surface area (Å²) in [5, 5.41) is 2.93. The molecule has 0 aliphatic carbocycles. The summed E-state index contributed by atoms with van der Waals surface area (Å²) in [7, 11) is 3.18. The Kier molecular flexibility index (Phi) is 7.89. The SMILES string of the molecule is COc1ccc(CCN(Cc2ccc(F)cc2)C(=O)Nc2ccc(Br)cc2)cc1OC. The lowest BCUT2D eigenvalue weighted by Gasteiger charge is -2.24. The Labute approximate surface area is 189 Å². The van der Waals surface area contributed by atoms with Crippen molar-refractivity contribution in [2.75, 3.05) is 26.1 Å². The van der Waals surface area contributed by atoms with E-state index in [1.54, 1.807) is 31.3 Å². The molecule has 0 radical (unpaired) electrons. The van der Waals surface area contributed by atoms with Gasteiger partial charge in [-0.15, -0.1) is 0 Å². The third-order valence-corrected chi connectivity index (χ3v) is 5.32. The molecule has 7 heteroatoms. The smallest absolute Gasteiger partial charge is 0.322 e. The maximum absolute atomic E-state index is 13.3. The van der Waals surface area contributed by atoms with E-state index in [1.165, 1.54) is 12.1 Å². The van der Waals surface area contributed by atoms with Crippen LogP contribution < -0.4 is 14.8 Å². The van der Waals surface area contributed by atoms with Crippen molar-refractivity contribution in [3.05, 3.63) is 88.1 Å². The van der Waals surface area contributed by atoms with Crippen molar-refractivity contribution in [1.82, 2.24) is 4.90 Å². The zero-order chi connectivity index (χ0) is 22.2. The number of rotatable bonds is 8. The zero-order valence-corrected chi connectivity index (χ0v) is 19.0.